The molecule has 102 valence electrons. The van der Waals surface area contributed by atoms with Gasteiger partial charge in [-0.25, -0.2) is 9.50 Å². The molecule has 0 aliphatic carbocycles. The largest absolute Gasteiger partial charge is 0.477 e. The Labute approximate surface area is 122 Å². The maximum absolute atomic E-state index is 6.04. The molecule has 0 bridgehead atoms. The van der Waals surface area contributed by atoms with E-state index in [1.165, 1.54) is 0 Å². The summed E-state index contributed by atoms with van der Waals surface area (Å²) in [5.74, 6) is 0.598. The average molecular weight is 288 g/mol. The van der Waals surface area contributed by atoms with Crippen LogP contribution in [0.2, 0.25) is 5.02 Å². The number of benzene rings is 1. The summed E-state index contributed by atoms with van der Waals surface area (Å²) in [6, 6.07) is 11.4. The van der Waals surface area contributed by atoms with Gasteiger partial charge in [0.05, 0.1) is 18.5 Å². The van der Waals surface area contributed by atoms with E-state index in [0.29, 0.717) is 17.5 Å². The van der Waals surface area contributed by atoms with Gasteiger partial charge in [-0.05, 0) is 24.6 Å². The molecule has 0 fully saturated rings. The fourth-order valence-corrected chi connectivity index (χ4v) is 2.18. The van der Waals surface area contributed by atoms with E-state index in [2.05, 4.69) is 17.0 Å². The van der Waals surface area contributed by atoms with Gasteiger partial charge in [-0.1, -0.05) is 30.7 Å². The van der Waals surface area contributed by atoms with E-state index in [9.17, 15) is 0 Å². The van der Waals surface area contributed by atoms with Gasteiger partial charge in [0, 0.05) is 16.7 Å². The van der Waals surface area contributed by atoms with Crippen LogP contribution in [0.5, 0.6) is 5.88 Å². The molecule has 5 heteroatoms. The maximum Gasteiger partial charge on any atom is 0.231 e. The molecule has 0 amide bonds. The molecule has 1 aromatic carbocycles. The Balaban J connectivity index is 2.07. The number of imidazole rings is 1. The Morgan fingerprint density at radius 3 is 2.95 bits per heavy atom. The lowest BCUT2D eigenvalue weighted by molar-refractivity contribution is 0.300. The van der Waals surface area contributed by atoms with Crippen molar-refractivity contribution >= 4 is 17.2 Å². The van der Waals surface area contributed by atoms with Gasteiger partial charge in [-0.15, -0.1) is 5.10 Å². The molecule has 0 unspecified atom stereocenters. The van der Waals surface area contributed by atoms with Crippen molar-refractivity contribution in [3.8, 4) is 17.1 Å². The summed E-state index contributed by atoms with van der Waals surface area (Å²) < 4.78 is 7.34. The third-order valence-electron chi connectivity index (χ3n) is 2.91. The number of halogens is 1. The highest BCUT2D eigenvalue weighted by molar-refractivity contribution is 6.30. The molecule has 2 heterocycles. The van der Waals surface area contributed by atoms with E-state index in [-0.39, 0.29) is 0 Å². The van der Waals surface area contributed by atoms with Crippen molar-refractivity contribution < 1.29 is 4.74 Å². The molecule has 3 aromatic rings. The Kier molecular flexibility index (Phi) is 3.56. The van der Waals surface area contributed by atoms with Crippen molar-refractivity contribution in [2.45, 2.75) is 13.3 Å². The molecule has 0 saturated heterocycles. The molecule has 0 spiro atoms. The minimum atomic E-state index is 0.598. The number of aromatic nitrogens is 3. The first-order valence-electron chi connectivity index (χ1n) is 6.51. The van der Waals surface area contributed by atoms with Gasteiger partial charge in [0.15, 0.2) is 5.65 Å². The van der Waals surface area contributed by atoms with Crippen molar-refractivity contribution in [3.63, 3.8) is 0 Å². The van der Waals surface area contributed by atoms with Crippen molar-refractivity contribution in [1.82, 2.24) is 14.6 Å². The van der Waals surface area contributed by atoms with Gasteiger partial charge in [0.1, 0.15) is 0 Å². The third kappa shape index (κ3) is 2.47. The Morgan fingerprint density at radius 2 is 2.15 bits per heavy atom. The molecule has 0 N–H and O–H groups in total. The molecule has 0 aliphatic rings. The van der Waals surface area contributed by atoms with Gasteiger partial charge in [0.2, 0.25) is 5.88 Å². The van der Waals surface area contributed by atoms with E-state index in [0.717, 1.165) is 23.3 Å². The van der Waals surface area contributed by atoms with Crippen molar-refractivity contribution in [3.05, 3.63) is 47.6 Å². The molecule has 0 atom stereocenters. The van der Waals surface area contributed by atoms with Crippen LogP contribution >= 0.6 is 11.6 Å². The smallest absolute Gasteiger partial charge is 0.231 e. The van der Waals surface area contributed by atoms with Crippen LogP contribution in [0.3, 0.4) is 0 Å². The number of fused-ring (bicyclic) bond motifs is 1. The number of ether oxygens (including phenoxy) is 1. The van der Waals surface area contributed by atoms with Crippen LogP contribution in [0.1, 0.15) is 13.3 Å². The van der Waals surface area contributed by atoms with Crippen LogP contribution in [0, 0.1) is 0 Å². The number of rotatable bonds is 4. The van der Waals surface area contributed by atoms with Gasteiger partial charge in [0.25, 0.3) is 0 Å². The Morgan fingerprint density at radius 1 is 1.25 bits per heavy atom. The molecule has 3 rings (SSSR count). The van der Waals surface area contributed by atoms with Crippen molar-refractivity contribution in [1.29, 1.82) is 0 Å². The molecule has 0 saturated carbocycles. The van der Waals surface area contributed by atoms with Crippen LogP contribution in [0.25, 0.3) is 16.9 Å². The highest BCUT2D eigenvalue weighted by Gasteiger charge is 2.08. The highest BCUT2D eigenvalue weighted by atomic mass is 35.5. The molecule has 20 heavy (non-hydrogen) atoms. The highest BCUT2D eigenvalue weighted by Crippen LogP contribution is 2.23. The molecule has 2 aromatic heterocycles. The Bertz CT molecular complexity index is 739. The molecular weight excluding hydrogens is 274 g/mol. The number of nitrogens with zero attached hydrogens (tertiary/aromatic N) is 3. The normalized spacial score (nSPS) is 10.9. The quantitative estimate of drug-likeness (QED) is 0.732. The van der Waals surface area contributed by atoms with E-state index in [4.69, 9.17) is 16.3 Å². The minimum Gasteiger partial charge on any atom is -0.477 e. The summed E-state index contributed by atoms with van der Waals surface area (Å²) in [4.78, 5) is 4.35. The van der Waals surface area contributed by atoms with E-state index < -0.39 is 0 Å². The van der Waals surface area contributed by atoms with Crippen LogP contribution in [-0.2, 0) is 0 Å². The monoisotopic (exact) mass is 287 g/mol. The van der Waals surface area contributed by atoms with E-state index in [1.807, 2.05) is 36.4 Å². The fourth-order valence-electron chi connectivity index (χ4n) is 1.98. The van der Waals surface area contributed by atoms with E-state index >= 15 is 0 Å². The first kappa shape index (κ1) is 12.9. The molecular formula is C15H14ClN3O. The summed E-state index contributed by atoms with van der Waals surface area (Å²) in [7, 11) is 0. The fraction of sp³-hybridized carbons (Fsp3) is 0.200. The van der Waals surface area contributed by atoms with Gasteiger partial charge in [-0.3, -0.25) is 0 Å². The lowest BCUT2D eigenvalue weighted by Crippen LogP contribution is -2.01. The first-order chi connectivity index (χ1) is 9.78. The summed E-state index contributed by atoms with van der Waals surface area (Å²) in [6.45, 7) is 2.72. The summed E-state index contributed by atoms with van der Waals surface area (Å²) in [6.07, 6.45) is 2.74. The van der Waals surface area contributed by atoms with E-state index in [1.54, 1.807) is 10.7 Å². The second kappa shape index (κ2) is 5.51. The molecule has 4 nitrogen and oxygen atoms in total. The second-order valence-corrected chi connectivity index (χ2v) is 4.88. The van der Waals surface area contributed by atoms with Gasteiger partial charge >= 0.3 is 0 Å². The lowest BCUT2D eigenvalue weighted by atomic mass is 10.2. The first-order valence-corrected chi connectivity index (χ1v) is 6.89. The summed E-state index contributed by atoms with van der Waals surface area (Å²) >= 11 is 6.04. The van der Waals surface area contributed by atoms with Crippen LogP contribution in [-0.4, -0.2) is 21.2 Å². The molecule has 0 aliphatic heterocycles. The van der Waals surface area contributed by atoms with Gasteiger partial charge in [-0.2, -0.15) is 0 Å². The number of hydrogen-bond acceptors (Lipinski definition) is 3. The zero-order valence-electron chi connectivity index (χ0n) is 11.1. The molecule has 0 radical (unpaired) electrons. The summed E-state index contributed by atoms with van der Waals surface area (Å²) in [5.41, 5.74) is 2.65. The van der Waals surface area contributed by atoms with Crippen LogP contribution in [0.4, 0.5) is 0 Å². The van der Waals surface area contributed by atoms with Crippen molar-refractivity contribution in [2.24, 2.45) is 0 Å². The topological polar surface area (TPSA) is 39.4 Å². The maximum atomic E-state index is 6.04. The Hall–Kier alpha value is -2.07. The predicted molar refractivity (Wildman–Crippen MR) is 79.2 cm³/mol. The standard InChI is InChI=1S/C15H14ClN3O/c1-2-8-20-15-7-6-14-17-10-13(19(14)18-15)11-4-3-5-12(16)9-11/h3-7,9-10H,2,8H2,1H3. The summed E-state index contributed by atoms with van der Waals surface area (Å²) in [5, 5.41) is 5.16. The van der Waals surface area contributed by atoms with Gasteiger partial charge < -0.3 is 4.74 Å². The average Bonchev–Trinajstić information content (AvgIpc) is 2.88. The van der Waals surface area contributed by atoms with Crippen LogP contribution < -0.4 is 4.74 Å². The minimum absolute atomic E-state index is 0.598. The third-order valence-corrected chi connectivity index (χ3v) is 3.15. The SMILES string of the molecule is CCCOc1ccc2ncc(-c3cccc(Cl)c3)n2n1. The zero-order valence-corrected chi connectivity index (χ0v) is 11.8. The lowest BCUT2D eigenvalue weighted by Gasteiger charge is -2.05. The number of hydrogen-bond donors (Lipinski definition) is 0. The predicted octanol–water partition coefficient (Wildman–Crippen LogP) is 3.84. The zero-order chi connectivity index (χ0) is 13.9. The second-order valence-electron chi connectivity index (χ2n) is 4.44. The van der Waals surface area contributed by atoms with Crippen LogP contribution in [0.15, 0.2) is 42.6 Å². The van der Waals surface area contributed by atoms with Crippen molar-refractivity contribution in [2.75, 3.05) is 6.61 Å².